The lowest BCUT2D eigenvalue weighted by Crippen LogP contribution is -2.36. The fourth-order valence-electron chi connectivity index (χ4n) is 2.80. The summed E-state index contributed by atoms with van der Waals surface area (Å²) in [6.07, 6.45) is 2.73. The van der Waals surface area contributed by atoms with E-state index < -0.39 is 15.9 Å². The van der Waals surface area contributed by atoms with Gasteiger partial charge in [-0.15, -0.1) is 0 Å². The van der Waals surface area contributed by atoms with Gasteiger partial charge in [-0.2, -0.15) is 4.31 Å². The molecule has 1 amide bonds. The van der Waals surface area contributed by atoms with Gasteiger partial charge in [-0.1, -0.05) is 17.8 Å². The molecule has 0 atom stereocenters. The van der Waals surface area contributed by atoms with E-state index in [0.717, 1.165) is 30.6 Å². The first-order valence-electron chi connectivity index (χ1n) is 7.56. The first-order valence-corrected chi connectivity index (χ1v) is 9.82. The topological polar surface area (TPSA) is 114 Å². The molecule has 3 rings (SSSR count). The molecule has 1 fully saturated rings. The number of hydrazine groups is 1. The lowest BCUT2D eigenvalue weighted by Gasteiger charge is -2.25. The fourth-order valence-corrected chi connectivity index (χ4v) is 5.20. The van der Waals surface area contributed by atoms with Gasteiger partial charge in [0.05, 0.1) is 15.1 Å². The Morgan fingerprint density at radius 1 is 1.25 bits per heavy atom. The number of nitrogens with zero attached hydrogens (tertiary/aromatic N) is 2. The molecular weight excluding hydrogens is 352 g/mol. The lowest BCUT2D eigenvalue weighted by molar-refractivity contribution is -0.121. The van der Waals surface area contributed by atoms with Crippen molar-refractivity contribution in [2.24, 2.45) is 5.84 Å². The number of benzene rings is 1. The number of sulfonamides is 1. The summed E-state index contributed by atoms with van der Waals surface area (Å²) in [6, 6.07) is 4.58. The van der Waals surface area contributed by atoms with E-state index in [-0.39, 0.29) is 16.3 Å². The number of thiazole rings is 1. The van der Waals surface area contributed by atoms with E-state index in [1.807, 2.05) is 5.43 Å². The maximum absolute atomic E-state index is 12.8. The van der Waals surface area contributed by atoms with Crippen LogP contribution in [0.1, 0.15) is 19.3 Å². The second-order valence-electron chi connectivity index (χ2n) is 5.62. The molecule has 1 aliphatic heterocycles. The van der Waals surface area contributed by atoms with Crippen LogP contribution >= 0.6 is 11.3 Å². The van der Waals surface area contributed by atoms with Gasteiger partial charge < -0.3 is 0 Å². The normalized spacial score (nSPS) is 16.4. The quantitative estimate of drug-likeness (QED) is 0.454. The number of carbonyl (C=O) groups is 1. The Kier molecular flexibility index (Phi) is 4.72. The van der Waals surface area contributed by atoms with Crippen LogP contribution in [0.5, 0.6) is 0 Å². The van der Waals surface area contributed by atoms with Crippen molar-refractivity contribution >= 4 is 37.5 Å². The van der Waals surface area contributed by atoms with Gasteiger partial charge in [0.25, 0.3) is 5.91 Å². The van der Waals surface area contributed by atoms with E-state index in [2.05, 4.69) is 0 Å². The first kappa shape index (κ1) is 17.1. The minimum Gasteiger partial charge on any atom is -0.293 e. The number of hydrogen-bond acceptors (Lipinski definition) is 6. The van der Waals surface area contributed by atoms with Crippen LogP contribution in [0.4, 0.5) is 0 Å². The zero-order chi connectivity index (χ0) is 17.3. The Bertz CT molecular complexity index is 926. The molecule has 10 heteroatoms. The van der Waals surface area contributed by atoms with Gasteiger partial charge in [-0.3, -0.25) is 19.6 Å². The van der Waals surface area contributed by atoms with Crippen LogP contribution in [-0.4, -0.2) is 36.3 Å². The van der Waals surface area contributed by atoms with Crippen molar-refractivity contribution in [1.82, 2.24) is 14.3 Å². The summed E-state index contributed by atoms with van der Waals surface area (Å²) in [5.41, 5.74) is 2.39. The summed E-state index contributed by atoms with van der Waals surface area (Å²) >= 11 is 0.964. The Balaban J connectivity index is 2.05. The van der Waals surface area contributed by atoms with Crippen molar-refractivity contribution in [2.75, 3.05) is 13.1 Å². The zero-order valence-corrected chi connectivity index (χ0v) is 14.5. The van der Waals surface area contributed by atoms with Crippen molar-refractivity contribution in [3.05, 3.63) is 27.9 Å². The van der Waals surface area contributed by atoms with Crippen LogP contribution in [-0.2, 0) is 21.4 Å². The third-order valence-corrected chi connectivity index (χ3v) is 6.91. The third-order valence-electron chi connectivity index (χ3n) is 4.05. The number of amides is 1. The smallest absolute Gasteiger partial charge is 0.293 e. The predicted octanol–water partition coefficient (Wildman–Crippen LogP) is 0.227. The highest BCUT2D eigenvalue weighted by atomic mass is 32.2. The molecule has 0 radical (unpaired) electrons. The summed E-state index contributed by atoms with van der Waals surface area (Å²) < 4.78 is 28.9. The molecule has 24 heavy (non-hydrogen) atoms. The largest absolute Gasteiger partial charge is 0.308 e. The Labute approximate surface area is 142 Å². The molecule has 1 saturated heterocycles. The van der Waals surface area contributed by atoms with E-state index >= 15 is 0 Å². The van der Waals surface area contributed by atoms with Gasteiger partial charge in [0.2, 0.25) is 10.0 Å². The standard InChI is InChI=1S/C14H18N4O4S2/c15-16-13(19)9-18-11-8-10(4-5-12(11)23-14(18)20)24(21,22)17-6-2-1-3-7-17/h4-5,8H,1-3,6-7,9,15H2,(H,16,19). The summed E-state index contributed by atoms with van der Waals surface area (Å²) in [4.78, 5) is 23.3. The fraction of sp³-hybridized carbons (Fsp3) is 0.429. The molecule has 1 aromatic heterocycles. The predicted molar refractivity (Wildman–Crippen MR) is 91.0 cm³/mol. The summed E-state index contributed by atoms with van der Waals surface area (Å²) in [5, 5.41) is 0. The number of fused-ring (bicyclic) bond motifs is 1. The number of carbonyl (C=O) groups excluding carboxylic acids is 1. The molecule has 1 aliphatic rings. The van der Waals surface area contributed by atoms with Crippen molar-refractivity contribution in [2.45, 2.75) is 30.7 Å². The molecular formula is C14H18N4O4S2. The molecule has 3 N–H and O–H groups in total. The summed E-state index contributed by atoms with van der Waals surface area (Å²) in [5.74, 6) is 4.54. The SMILES string of the molecule is NNC(=O)Cn1c(=O)sc2ccc(S(=O)(=O)N3CCCCC3)cc21. The minimum absolute atomic E-state index is 0.136. The van der Waals surface area contributed by atoms with Crippen LogP contribution in [0, 0.1) is 0 Å². The van der Waals surface area contributed by atoms with E-state index in [4.69, 9.17) is 5.84 Å². The number of rotatable bonds is 4. The molecule has 0 spiro atoms. The van der Waals surface area contributed by atoms with Gasteiger partial charge in [-0.05, 0) is 31.0 Å². The minimum atomic E-state index is -3.60. The molecule has 2 heterocycles. The van der Waals surface area contributed by atoms with Crippen LogP contribution in [0.15, 0.2) is 27.9 Å². The molecule has 2 aromatic rings. The van der Waals surface area contributed by atoms with Gasteiger partial charge in [0, 0.05) is 13.1 Å². The van der Waals surface area contributed by atoms with Crippen LogP contribution in [0.2, 0.25) is 0 Å². The molecule has 8 nitrogen and oxygen atoms in total. The van der Waals surface area contributed by atoms with E-state index in [1.54, 1.807) is 6.07 Å². The summed E-state index contributed by atoms with van der Waals surface area (Å²) in [7, 11) is -3.60. The van der Waals surface area contributed by atoms with E-state index in [1.165, 1.54) is 21.0 Å². The molecule has 0 aliphatic carbocycles. The number of piperidine rings is 1. The molecule has 130 valence electrons. The lowest BCUT2D eigenvalue weighted by atomic mass is 10.2. The second-order valence-corrected chi connectivity index (χ2v) is 8.55. The highest BCUT2D eigenvalue weighted by molar-refractivity contribution is 7.89. The van der Waals surface area contributed by atoms with Crippen LogP contribution < -0.4 is 16.1 Å². The van der Waals surface area contributed by atoms with Crippen molar-refractivity contribution in [3.8, 4) is 0 Å². The van der Waals surface area contributed by atoms with E-state index in [9.17, 15) is 18.0 Å². The maximum atomic E-state index is 12.8. The summed E-state index contributed by atoms with van der Waals surface area (Å²) in [6.45, 7) is 0.765. The van der Waals surface area contributed by atoms with Crippen LogP contribution in [0.25, 0.3) is 10.2 Å². The van der Waals surface area contributed by atoms with Crippen molar-refractivity contribution in [3.63, 3.8) is 0 Å². The van der Waals surface area contributed by atoms with Crippen molar-refractivity contribution < 1.29 is 13.2 Å². The number of aromatic nitrogens is 1. The molecule has 0 saturated carbocycles. The van der Waals surface area contributed by atoms with Crippen LogP contribution in [0.3, 0.4) is 0 Å². The average Bonchev–Trinajstić information content (AvgIpc) is 2.90. The first-order chi connectivity index (χ1) is 11.4. The van der Waals surface area contributed by atoms with Crippen molar-refractivity contribution in [1.29, 1.82) is 0 Å². The van der Waals surface area contributed by atoms with Gasteiger partial charge in [0.1, 0.15) is 6.54 Å². The van der Waals surface area contributed by atoms with E-state index in [0.29, 0.717) is 23.3 Å². The Hall–Kier alpha value is -1.75. The number of nitrogens with one attached hydrogen (secondary N) is 1. The number of nitrogens with two attached hydrogens (primary N) is 1. The number of hydrogen-bond donors (Lipinski definition) is 2. The maximum Gasteiger partial charge on any atom is 0.308 e. The Morgan fingerprint density at radius 3 is 2.62 bits per heavy atom. The molecule has 0 bridgehead atoms. The highest BCUT2D eigenvalue weighted by Crippen LogP contribution is 2.25. The highest BCUT2D eigenvalue weighted by Gasteiger charge is 2.26. The molecule has 0 unspecified atom stereocenters. The third kappa shape index (κ3) is 3.09. The Morgan fingerprint density at radius 2 is 1.96 bits per heavy atom. The average molecular weight is 370 g/mol. The van der Waals surface area contributed by atoms with Gasteiger partial charge >= 0.3 is 4.87 Å². The van der Waals surface area contributed by atoms with Gasteiger partial charge in [0.15, 0.2) is 0 Å². The monoisotopic (exact) mass is 370 g/mol. The second kappa shape index (κ2) is 6.63. The zero-order valence-electron chi connectivity index (χ0n) is 12.9. The van der Waals surface area contributed by atoms with Gasteiger partial charge in [-0.25, -0.2) is 14.3 Å². The molecule has 1 aromatic carbocycles.